The molecule has 0 saturated heterocycles. The number of amides is 1. The molecule has 0 aromatic heterocycles. The lowest BCUT2D eigenvalue weighted by molar-refractivity contribution is 0.0608. The number of carbonyl (C=O) groups is 1. The molecule has 3 aromatic carbocycles. The van der Waals surface area contributed by atoms with Gasteiger partial charge in [0.2, 0.25) is 0 Å². The molecular formula is C31H41N3O9S. The second-order valence-corrected chi connectivity index (χ2v) is 12.4. The summed E-state index contributed by atoms with van der Waals surface area (Å²) in [5.41, 5.74) is 1.83. The first kappa shape index (κ1) is 34.8. The highest BCUT2D eigenvalue weighted by Crippen LogP contribution is 2.23. The number of ether oxygens (including phenoxy) is 3. The van der Waals surface area contributed by atoms with Crippen LogP contribution < -0.4 is 19.5 Å². The third kappa shape index (κ3) is 11.1. The molecule has 44 heavy (non-hydrogen) atoms. The van der Waals surface area contributed by atoms with Crippen molar-refractivity contribution in [3.05, 3.63) is 89.0 Å². The summed E-state index contributed by atoms with van der Waals surface area (Å²) in [5.74, 6) is 0.673. The van der Waals surface area contributed by atoms with Crippen LogP contribution in [0.5, 0.6) is 11.5 Å². The molecule has 1 amide bonds. The molecule has 0 aliphatic rings. The van der Waals surface area contributed by atoms with Crippen molar-refractivity contribution in [3.63, 3.8) is 0 Å². The molecule has 3 aromatic rings. The average molecular weight is 632 g/mol. The predicted molar refractivity (Wildman–Crippen MR) is 165 cm³/mol. The monoisotopic (exact) mass is 631 g/mol. The number of anilines is 1. The number of aliphatic hydroxyl groups is 2. The number of nitrogens with zero attached hydrogens (tertiary/aromatic N) is 1. The van der Waals surface area contributed by atoms with Crippen molar-refractivity contribution in [1.29, 1.82) is 0 Å². The van der Waals surface area contributed by atoms with Gasteiger partial charge in [0, 0.05) is 12.1 Å². The quantitative estimate of drug-likeness (QED) is 0.156. The van der Waals surface area contributed by atoms with E-state index in [1.54, 1.807) is 45.0 Å². The Morgan fingerprint density at radius 2 is 1.75 bits per heavy atom. The molecule has 3 rings (SSSR count). The summed E-state index contributed by atoms with van der Waals surface area (Å²) < 4.78 is 41.3. The first-order valence-electron chi connectivity index (χ1n) is 14.0. The highest BCUT2D eigenvalue weighted by atomic mass is 32.2. The maximum absolute atomic E-state index is 12.5. The molecule has 240 valence electrons. The van der Waals surface area contributed by atoms with Gasteiger partial charge in [-0.25, -0.2) is 9.93 Å². The average Bonchev–Trinajstić information content (AvgIpc) is 2.94. The van der Waals surface area contributed by atoms with Crippen molar-refractivity contribution in [2.24, 2.45) is 5.14 Å². The minimum Gasteiger partial charge on any atom is -0.508 e. The molecule has 12 nitrogen and oxygen atoms in total. The highest BCUT2D eigenvalue weighted by molar-refractivity contribution is 7.91. The van der Waals surface area contributed by atoms with E-state index in [2.05, 4.69) is 5.32 Å². The van der Waals surface area contributed by atoms with Gasteiger partial charge in [0.15, 0.2) is 0 Å². The summed E-state index contributed by atoms with van der Waals surface area (Å²) in [6.07, 6.45) is -1.13. The van der Waals surface area contributed by atoms with Crippen LogP contribution >= 0.6 is 0 Å². The zero-order chi connectivity index (χ0) is 32.3. The SMILES string of the molecule is CC(C)(C)OC(=O)N(c1cccc(COCCOc2ccc(CCNC[C@H](O)c3ccc(O)c(CO)c3)cc2)c1)S(N)(=O)=O. The number of carbonyl (C=O) groups excluding carboxylic acids is 1. The van der Waals surface area contributed by atoms with Gasteiger partial charge in [-0.15, -0.1) is 0 Å². The molecule has 6 N–H and O–H groups in total. The van der Waals surface area contributed by atoms with Crippen molar-refractivity contribution in [3.8, 4) is 11.5 Å². The molecular weight excluding hydrogens is 590 g/mol. The molecule has 0 aliphatic carbocycles. The fourth-order valence-corrected chi connectivity index (χ4v) is 4.77. The highest BCUT2D eigenvalue weighted by Gasteiger charge is 2.31. The Kier molecular flexibility index (Phi) is 12.5. The number of aromatic hydroxyl groups is 1. The molecule has 13 heteroatoms. The third-order valence-corrected chi connectivity index (χ3v) is 7.10. The van der Waals surface area contributed by atoms with Gasteiger partial charge in [-0.2, -0.15) is 12.7 Å². The fourth-order valence-electron chi connectivity index (χ4n) is 4.12. The summed E-state index contributed by atoms with van der Waals surface area (Å²) in [4.78, 5) is 12.5. The smallest absolute Gasteiger partial charge is 0.429 e. The van der Waals surface area contributed by atoms with Crippen molar-refractivity contribution >= 4 is 22.0 Å². The number of phenols is 1. The Hall–Kier alpha value is -3.72. The fraction of sp³-hybridized carbons (Fsp3) is 0.387. The van der Waals surface area contributed by atoms with Gasteiger partial charge in [0.25, 0.3) is 0 Å². The van der Waals surface area contributed by atoms with Gasteiger partial charge in [-0.1, -0.05) is 30.3 Å². The van der Waals surface area contributed by atoms with E-state index < -0.39 is 28.0 Å². The van der Waals surface area contributed by atoms with Crippen molar-refractivity contribution in [2.45, 2.75) is 52.1 Å². The van der Waals surface area contributed by atoms with E-state index >= 15 is 0 Å². The van der Waals surface area contributed by atoms with E-state index in [0.29, 0.717) is 39.8 Å². The normalized spacial score (nSPS) is 12.5. The van der Waals surface area contributed by atoms with Crippen LogP contribution in [0.1, 0.15) is 49.1 Å². The van der Waals surface area contributed by atoms with E-state index in [1.165, 1.54) is 18.2 Å². The molecule has 0 radical (unpaired) electrons. The minimum atomic E-state index is -4.42. The van der Waals surface area contributed by atoms with E-state index in [0.717, 1.165) is 12.0 Å². The number of hydrogen-bond donors (Lipinski definition) is 5. The molecule has 0 heterocycles. The molecule has 0 bridgehead atoms. The van der Waals surface area contributed by atoms with E-state index in [-0.39, 0.29) is 37.9 Å². The van der Waals surface area contributed by atoms with Crippen LogP contribution in [0, 0.1) is 0 Å². The Bertz CT molecular complexity index is 1480. The Balaban J connectivity index is 1.39. The summed E-state index contributed by atoms with van der Waals surface area (Å²) in [5, 5.41) is 37.8. The zero-order valence-electron chi connectivity index (χ0n) is 25.1. The molecule has 0 saturated carbocycles. The summed E-state index contributed by atoms with van der Waals surface area (Å²) in [6, 6.07) is 18.6. The van der Waals surface area contributed by atoms with Crippen LogP contribution in [-0.2, 0) is 39.3 Å². The lowest BCUT2D eigenvalue weighted by Gasteiger charge is -2.25. The predicted octanol–water partition coefficient (Wildman–Crippen LogP) is 3.29. The zero-order valence-corrected chi connectivity index (χ0v) is 25.9. The summed E-state index contributed by atoms with van der Waals surface area (Å²) >= 11 is 0. The van der Waals surface area contributed by atoms with Crippen molar-refractivity contribution < 1.29 is 42.7 Å². The van der Waals surface area contributed by atoms with E-state index in [1.807, 2.05) is 24.3 Å². The van der Waals surface area contributed by atoms with Crippen LogP contribution in [-0.4, -0.2) is 61.7 Å². The Morgan fingerprint density at radius 1 is 1.02 bits per heavy atom. The first-order chi connectivity index (χ1) is 20.8. The van der Waals surface area contributed by atoms with Crippen LogP contribution in [0.2, 0.25) is 0 Å². The largest absolute Gasteiger partial charge is 0.508 e. The van der Waals surface area contributed by atoms with Gasteiger partial charge < -0.3 is 34.8 Å². The second kappa shape index (κ2) is 15.8. The Morgan fingerprint density at radius 3 is 2.41 bits per heavy atom. The van der Waals surface area contributed by atoms with E-state index in [4.69, 9.17) is 19.3 Å². The maximum atomic E-state index is 12.5. The number of rotatable bonds is 15. The number of nitrogens with two attached hydrogens (primary N) is 1. The molecule has 0 aliphatic heterocycles. The number of hydrogen-bond acceptors (Lipinski definition) is 10. The van der Waals surface area contributed by atoms with Gasteiger partial charge in [-0.05, 0) is 86.8 Å². The van der Waals surface area contributed by atoms with Gasteiger partial charge in [0.05, 0.1) is 31.6 Å². The van der Waals surface area contributed by atoms with Gasteiger partial charge in [0.1, 0.15) is 23.7 Å². The standard InChI is InChI=1S/C31H41N3O9S/c1-31(2,3)43-30(38)34(44(32,39)40)26-6-4-5-23(17-26)21-41-15-16-42-27-10-7-22(8-11-27)13-14-33-19-29(37)24-9-12-28(36)25(18-24)20-35/h4-12,17-18,29,33,35-37H,13-16,19-21H2,1-3H3,(H2,32,39,40)/t29-/m0/s1. The topological polar surface area (TPSA) is 181 Å². The van der Waals surface area contributed by atoms with Crippen LogP contribution in [0.4, 0.5) is 10.5 Å². The second-order valence-electron chi connectivity index (χ2n) is 11.0. The molecule has 1 atom stereocenters. The van der Waals surface area contributed by atoms with Crippen LogP contribution in [0.3, 0.4) is 0 Å². The number of aliphatic hydroxyl groups excluding tert-OH is 2. The molecule has 0 spiro atoms. The number of nitrogens with one attached hydrogen (secondary N) is 1. The third-order valence-electron chi connectivity index (χ3n) is 6.23. The minimum absolute atomic E-state index is 0.00328. The van der Waals surface area contributed by atoms with Gasteiger partial charge in [-0.3, -0.25) is 0 Å². The van der Waals surface area contributed by atoms with Gasteiger partial charge >= 0.3 is 16.3 Å². The number of benzene rings is 3. The van der Waals surface area contributed by atoms with Crippen LogP contribution in [0.15, 0.2) is 66.7 Å². The Labute approximate surface area is 258 Å². The lowest BCUT2D eigenvalue weighted by atomic mass is 10.1. The maximum Gasteiger partial charge on any atom is 0.429 e. The van der Waals surface area contributed by atoms with Crippen LogP contribution in [0.25, 0.3) is 0 Å². The van der Waals surface area contributed by atoms with E-state index in [9.17, 15) is 28.5 Å². The summed E-state index contributed by atoms with van der Waals surface area (Å²) in [6.45, 7) is 6.24. The lowest BCUT2D eigenvalue weighted by Crippen LogP contribution is -2.44. The molecule has 0 fully saturated rings. The summed E-state index contributed by atoms with van der Waals surface area (Å²) in [7, 11) is -4.42. The molecule has 0 unspecified atom stereocenters. The van der Waals surface area contributed by atoms with Crippen molar-refractivity contribution in [1.82, 2.24) is 5.32 Å². The first-order valence-corrected chi connectivity index (χ1v) is 15.5. The van der Waals surface area contributed by atoms with Crippen molar-refractivity contribution in [2.75, 3.05) is 30.6 Å².